The summed E-state index contributed by atoms with van der Waals surface area (Å²) in [6.07, 6.45) is 2.99. The van der Waals surface area contributed by atoms with Gasteiger partial charge in [0.2, 0.25) is 5.91 Å². The lowest BCUT2D eigenvalue weighted by Crippen LogP contribution is -2.43. The zero-order valence-corrected chi connectivity index (χ0v) is 13.0. The van der Waals surface area contributed by atoms with Crippen LogP contribution in [-0.4, -0.2) is 61.1 Å². The second-order valence-electron chi connectivity index (χ2n) is 7.08. The number of nitrogens with zero attached hydrogens (tertiary/aromatic N) is 2. The molecule has 0 spiro atoms. The van der Waals surface area contributed by atoms with E-state index in [1.165, 1.54) is 19.5 Å². The van der Waals surface area contributed by atoms with E-state index in [0.29, 0.717) is 23.9 Å². The van der Waals surface area contributed by atoms with Gasteiger partial charge < -0.3 is 14.5 Å². The van der Waals surface area contributed by atoms with Crippen molar-refractivity contribution < 1.29 is 9.53 Å². The van der Waals surface area contributed by atoms with Crippen LogP contribution < -0.4 is 0 Å². The number of hydrogen-bond acceptors (Lipinski definition) is 3. The summed E-state index contributed by atoms with van der Waals surface area (Å²) in [6, 6.07) is 1.07. The van der Waals surface area contributed by atoms with E-state index in [2.05, 4.69) is 23.6 Å². The van der Waals surface area contributed by atoms with Crippen LogP contribution in [0.3, 0.4) is 0 Å². The van der Waals surface area contributed by atoms with Gasteiger partial charge in [0.25, 0.3) is 0 Å². The van der Waals surface area contributed by atoms with Crippen molar-refractivity contribution in [3.63, 3.8) is 0 Å². The van der Waals surface area contributed by atoms with Crippen molar-refractivity contribution in [2.75, 3.05) is 33.4 Å². The summed E-state index contributed by atoms with van der Waals surface area (Å²) in [5.74, 6) is 2.39. The molecule has 0 N–H and O–H groups in total. The number of rotatable bonds is 4. The number of carbonyl (C=O) groups excluding carboxylic acids is 1. The molecule has 114 valence electrons. The fraction of sp³-hybridized carbons (Fsp3) is 0.938. The van der Waals surface area contributed by atoms with Gasteiger partial charge in [0.15, 0.2) is 0 Å². The van der Waals surface area contributed by atoms with Gasteiger partial charge in [-0.1, -0.05) is 0 Å². The van der Waals surface area contributed by atoms with Crippen molar-refractivity contribution in [3.8, 4) is 0 Å². The zero-order valence-electron chi connectivity index (χ0n) is 13.0. The fourth-order valence-electron chi connectivity index (χ4n) is 4.66. The molecule has 1 saturated carbocycles. The van der Waals surface area contributed by atoms with Gasteiger partial charge in [-0.2, -0.15) is 0 Å². The highest BCUT2D eigenvalue weighted by atomic mass is 16.5. The number of fused-ring (bicyclic) bond motifs is 1. The van der Waals surface area contributed by atoms with Gasteiger partial charge in [0.05, 0.1) is 6.61 Å². The average molecular weight is 280 g/mol. The van der Waals surface area contributed by atoms with E-state index in [9.17, 15) is 4.79 Å². The molecule has 0 radical (unpaired) electrons. The van der Waals surface area contributed by atoms with Gasteiger partial charge in [0, 0.05) is 51.2 Å². The predicted octanol–water partition coefficient (Wildman–Crippen LogP) is 1.60. The Balaban J connectivity index is 1.73. The van der Waals surface area contributed by atoms with Crippen LogP contribution in [0.5, 0.6) is 0 Å². The Morgan fingerprint density at radius 1 is 1.35 bits per heavy atom. The van der Waals surface area contributed by atoms with E-state index in [4.69, 9.17) is 4.74 Å². The van der Waals surface area contributed by atoms with E-state index in [0.717, 1.165) is 37.8 Å². The summed E-state index contributed by atoms with van der Waals surface area (Å²) in [7, 11) is 1.80. The molecule has 4 heteroatoms. The largest absolute Gasteiger partial charge is 0.384 e. The Labute approximate surface area is 122 Å². The molecule has 3 fully saturated rings. The van der Waals surface area contributed by atoms with Gasteiger partial charge in [-0.15, -0.1) is 0 Å². The van der Waals surface area contributed by atoms with Gasteiger partial charge in [-0.05, 0) is 38.5 Å². The van der Waals surface area contributed by atoms with Crippen LogP contribution in [0, 0.1) is 17.8 Å². The fourth-order valence-corrected chi connectivity index (χ4v) is 4.66. The van der Waals surface area contributed by atoms with Crippen LogP contribution in [0.2, 0.25) is 0 Å². The number of ether oxygens (including phenoxy) is 1. The number of hydrogen-bond donors (Lipinski definition) is 0. The maximum absolute atomic E-state index is 12.1. The van der Waals surface area contributed by atoms with Crippen molar-refractivity contribution in [2.24, 2.45) is 17.8 Å². The lowest BCUT2D eigenvalue weighted by atomic mass is 9.91. The third-order valence-corrected chi connectivity index (χ3v) is 5.71. The molecule has 4 unspecified atom stereocenters. The number of methoxy groups -OCH3 is 1. The minimum absolute atomic E-state index is 0.372. The van der Waals surface area contributed by atoms with Crippen LogP contribution in [0.15, 0.2) is 0 Å². The molecule has 0 bridgehead atoms. The first-order valence-electron chi connectivity index (χ1n) is 8.14. The molecule has 4 nitrogen and oxygen atoms in total. The molecule has 3 rings (SSSR count). The Morgan fingerprint density at radius 2 is 2.15 bits per heavy atom. The molecule has 0 aromatic carbocycles. The summed E-state index contributed by atoms with van der Waals surface area (Å²) in [6.45, 7) is 8.75. The van der Waals surface area contributed by atoms with Crippen LogP contribution in [-0.2, 0) is 9.53 Å². The van der Waals surface area contributed by atoms with Gasteiger partial charge >= 0.3 is 0 Å². The lowest BCUT2D eigenvalue weighted by Gasteiger charge is -2.33. The van der Waals surface area contributed by atoms with E-state index >= 15 is 0 Å². The highest BCUT2D eigenvalue weighted by Crippen LogP contribution is 2.45. The number of likely N-dealkylation sites (tertiary alicyclic amines) is 2. The molecule has 2 aliphatic heterocycles. The van der Waals surface area contributed by atoms with Crippen LogP contribution in [0.4, 0.5) is 0 Å². The predicted molar refractivity (Wildman–Crippen MR) is 78.4 cm³/mol. The first-order chi connectivity index (χ1) is 9.61. The van der Waals surface area contributed by atoms with E-state index in [1.807, 2.05) is 0 Å². The summed E-state index contributed by atoms with van der Waals surface area (Å²) >= 11 is 0. The molecule has 0 aromatic heterocycles. The average Bonchev–Trinajstić information content (AvgIpc) is 3.05. The maximum Gasteiger partial charge on any atom is 0.222 e. The first-order valence-corrected chi connectivity index (χ1v) is 8.14. The van der Waals surface area contributed by atoms with E-state index in [1.54, 1.807) is 7.11 Å². The van der Waals surface area contributed by atoms with Gasteiger partial charge in [-0.3, -0.25) is 4.79 Å². The molecule has 0 aromatic rings. The Morgan fingerprint density at radius 3 is 2.75 bits per heavy atom. The smallest absolute Gasteiger partial charge is 0.222 e. The van der Waals surface area contributed by atoms with Gasteiger partial charge in [-0.25, -0.2) is 0 Å². The lowest BCUT2D eigenvalue weighted by molar-refractivity contribution is -0.130. The van der Waals surface area contributed by atoms with Gasteiger partial charge in [0.1, 0.15) is 0 Å². The van der Waals surface area contributed by atoms with Crippen molar-refractivity contribution in [1.82, 2.24) is 9.80 Å². The Bertz CT molecular complexity index is 371. The molecule has 2 heterocycles. The van der Waals surface area contributed by atoms with Crippen LogP contribution >= 0.6 is 0 Å². The minimum atomic E-state index is 0.372. The number of carbonyl (C=O) groups is 1. The minimum Gasteiger partial charge on any atom is -0.384 e. The zero-order chi connectivity index (χ0) is 14.3. The van der Waals surface area contributed by atoms with E-state index < -0.39 is 0 Å². The van der Waals surface area contributed by atoms with Crippen molar-refractivity contribution in [3.05, 3.63) is 0 Å². The summed E-state index contributed by atoms with van der Waals surface area (Å²) in [5, 5.41) is 0. The molecule has 3 aliphatic rings. The molecule has 2 saturated heterocycles. The quantitative estimate of drug-likeness (QED) is 0.784. The highest BCUT2D eigenvalue weighted by molar-refractivity contribution is 5.78. The van der Waals surface area contributed by atoms with Crippen LogP contribution in [0.25, 0.3) is 0 Å². The van der Waals surface area contributed by atoms with Crippen LogP contribution in [0.1, 0.15) is 33.1 Å². The maximum atomic E-state index is 12.1. The Kier molecular flexibility index (Phi) is 4.04. The van der Waals surface area contributed by atoms with Crippen molar-refractivity contribution >= 4 is 5.91 Å². The Hall–Kier alpha value is -0.610. The summed E-state index contributed by atoms with van der Waals surface area (Å²) in [5.41, 5.74) is 0. The molecule has 20 heavy (non-hydrogen) atoms. The molecular weight excluding hydrogens is 252 g/mol. The normalized spacial score (nSPS) is 38.2. The SMILES string of the molecule is COCC1C2CN(C(C)C)CC2CC1N1CCCC1=O. The molecule has 4 atom stereocenters. The molecule has 1 amide bonds. The monoisotopic (exact) mass is 280 g/mol. The second-order valence-corrected chi connectivity index (χ2v) is 7.08. The number of amides is 1. The third kappa shape index (κ3) is 2.37. The standard InChI is InChI=1S/C16H28N2O2/c1-11(2)17-8-12-7-15(18-6-4-5-16(18)19)14(10-20-3)13(12)9-17/h11-15H,4-10H2,1-3H3. The molecular formula is C16H28N2O2. The van der Waals surface area contributed by atoms with Crippen molar-refractivity contribution in [1.29, 1.82) is 0 Å². The first kappa shape index (κ1) is 14.3. The second kappa shape index (κ2) is 5.64. The summed E-state index contributed by atoms with van der Waals surface area (Å²) < 4.78 is 5.50. The molecule has 1 aliphatic carbocycles. The van der Waals surface area contributed by atoms with Crippen molar-refractivity contribution in [2.45, 2.75) is 45.2 Å². The highest BCUT2D eigenvalue weighted by Gasteiger charge is 2.51. The topological polar surface area (TPSA) is 32.8 Å². The van der Waals surface area contributed by atoms with E-state index in [-0.39, 0.29) is 0 Å². The third-order valence-electron chi connectivity index (χ3n) is 5.71. The summed E-state index contributed by atoms with van der Waals surface area (Å²) in [4.78, 5) is 16.8.